The Morgan fingerprint density at radius 1 is 1.41 bits per heavy atom. The topological polar surface area (TPSA) is 74.8 Å². The van der Waals surface area contributed by atoms with Gasteiger partial charge in [0.15, 0.2) is 9.84 Å². The summed E-state index contributed by atoms with van der Waals surface area (Å²) in [4.78, 5) is 7.75. The van der Waals surface area contributed by atoms with Crippen LogP contribution in [0.25, 0.3) is 11.0 Å². The number of sulfone groups is 1. The van der Waals surface area contributed by atoms with Crippen molar-refractivity contribution in [2.75, 3.05) is 19.8 Å². The Morgan fingerprint density at radius 3 is 2.82 bits per heavy atom. The highest BCUT2D eigenvalue weighted by Crippen LogP contribution is 2.20. The van der Waals surface area contributed by atoms with Crippen LogP contribution in [0.4, 0.5) is 0 Å². The molecule has 2 aromatic rings. The molecule has 2 N–H and O–H groups in total. The summed E-state index contributed by atoms with van der Waals surface area (Å²) < 4.78 is 23.2. The van der Waals surface area contributed by atoms with Crippen molar-refractivity contribution >= 4 is 20.9 Å². The van der Waals surface area contributed by atoms with Gasteiger partial charge in [-0.15, -0.1) is 0 Å². The van der Waals surface area contributed by atoms with E-state index in [0.29, 0.717) is 5.52 Å². The molecule has 0 radical (unpaired) electrons. The smallest absolute Gasteiger partial charge is 0.177 e. The van der Waals surface area contributed by atoms with Crippen LogP contribution in [0.1, 0.15) is 5.82 Å². The first-order valence-corrected chi connectivity index (χ1v) is 7.24. The average molecular weight is 253 g/mol. The van der Waals surface area contributed by atoms with Gasteiger partial charge in [-0.05, 0) is 19.2 Å². The molecule has 0 aliphatic heterocycles. The highest BCUT2D eigenvalue weighted by atomic mass is 32.2. The third-order valence-electron chi connectivity index (χ3n) is 2.54. The van der Waals surface area contributed by atoms with Gasteiger partial charge >= 0.3 is 0 Å². The molecule has 1 aromatic carbocycles. The van der Waals surface area contributed by atoms with Gasteiger partial charge in [-0.1, -0.05) is 6.07 Å². The second-order valence-corrected chi connectivity index (χ2v) is 5.95. The number of hydrogen-bond acceptors (Lipinski definition) is 4. The van der Waals surface area contributed by atoms with E-state index in [1.807, 2.05) is 13.1 Å². The molecule has 0 aliphatic rings. The zero-order valence-corrected chi connectivity index (χ0v) is 10.6. The van der Waals surface area contributed by atoms with E-state index < -0.39 is 9.84 Å². The second kappa shape index (κ2) is 4.46. The molecule has 1 heterocycles. The van der Waals surface area contributed by atoms with Crippen molar-refractivity contribution in [2.24, 2.45) is 0 Å². The summed E-state index contributed by atoms with van der Waals surface area (Å²) in [5.74, 6) is 0.797. The van der Waals surface area contributed by atoms with Gasteiger partial charge < -0.3 is 10.3 Å². The van der Waals surface area contributed by atoms with Gasteiger partial charge in [0.25, 0.3) is 0 Å². The standard InChI is InChI=1S/C11H15N3O2S/c1-12-7-6-10-13-8-4-3-5-9(11(8)14-10)17(2,15)16/h3-5,12H,6-7H2,1-2H3,(H,13,14). The molecule has 0 saturated heterocycles. The number of hydrogen-bond donors (Lipinski definition) is 2. The van der Waals surface area contributed by atoms with E-state index in [1.54, 1.807) is 12.1 Å². The van der Waals surface area contributed by atoms with E-state index >= 15 is 0 Å². The van der Waals surface area contributed by atoms with E-state index in [-0.39, 0.29) is 4.90 Å². The maximum Gasteiger partial charge on any atom is 0.177 e. The van der Waals surface area contributed by atoms with Crippen molar-refractivity contribution < 1.29 is 8.42 Å². The summed E-state index contributed by atoms with van der Waals surface area (Å²) in [7, 11) is -1.37. The Morgan fingerprint density at radius 2 is 2.18 bits per heavy atom. The third kappa shape index (κ3) is 2.48. The highest BCUT2D eigenvalue weighted by Gasteiger charge is 2.14. The Bertz CT molecular complexity index is 631. The summed E-state index contributed by atoms with van der Waals surface area (Å²) in [5, 5.41) is 3.03. The molecule has 17 heavy (non-hydrogen) atoms. The number of likely N-dealkylation sites (N-methyl/N-ethyl adjacent to an activating group) is 1. The summed E-state index contributed by atoms with van der Waals surface area (Å²) in [6.07, 6.45) is 1.94. The summed E-state index contributed by atoms with van der Waals surface area (Å²) in [5.41, 5.74) is 1.29. The van der Waals surface area contributed by atoms with Gasteiger partial charge in [-0.2, -0.15) is 0 Å². The lowest BCUT2D eigenvalue weighted by molar-refractivity contribution is 0.602. The average Bonchev–Trinajstić information content (AvgIpc) is 2.66. The number of nitrogens with one attached hydrogen (secondary N) is 2. The molecule has 6 heteroatoms. The van der Waals surface area contributed by atoms with Crippen molar-refractivity contribution in [2.45, 2.75) is 11.3 Å². The molecule has 2 rings (SSSR count). The predicted octanol–water partition coefficient (Wildman–Crippen LogP) is 0.728. The van der Waals surface area contributed by atoms with Crippen LogP contribution in [0.5, 0.6) is 0 Å². The molecule has 92 valence electrons. The van der Waals surface area contributed by atoms with Gasteiger partial charge in [-0.3, -0.25) is 0 Å². The maximum atomic E-state index is 11.6. The van der Waals surface area contributed by atoms with Gasteiger partial charge in [0.2, 0.25) is 0 Å². The van der Waals surface area contributed by atoms with E-state index in [9.17, 15) is 8.42 Å². The molecule has 0 aliphatic carbocycles. The summed E-state index contributed by atoms with van der Waals surface area (Å²) in [6.45, 7) is 0.800. The Hall–Kier alpha value is -1.40. The lowest BCUT2D eigenvalue weighted by Gasteiger charge is -1.97. The van der Waals surface area contributed by atoms with Crippen LogP contribution >= 0.6 is 0 Å². The molecule has 5 nitrogen and oxygen atoms in total. The molecule has 0 amide bonds. The van der Waals surface area contributed by atoms with Crippen molar-refractivity contribution in [1.82, 2.24) is 15.3 Å². The van der Waals surface area contributed by atoms with E-state index in [1.165, 1.54) is 6.26 Å². The second-order valence-electron chi connectivity index (χ2n) is 3.96. The minimum atomic E-state index is -3.23. The largest absolute Gasteiger partial charge is 0.342 e. The molecule has 0 spiro atoms. The van der Waals surface area contributed by atoms with Crippen LogP contribution in [0.2, 0.25) is 0 Å². The number of imidazole rings is 1. The van der Waals surface area contributed by atoms with E-state index in [4.69, 9.17) is 0 Å². The van der Waals surface area contributed by atoms with Crippen molar-refractivity contribution in [3.63, 3.8) is 0 Å². The third-order valence-corrected chi connectivity index (χ3v) is 3.66. The first kappa shape index (κ1) is 12.1. The molecule has 0 unspecified atom stereocenters. The molecule has 0 atom stereocenters. The fraction of sp³-hybridized carbons (Fsp3) is 0.364. The first-order chi connectivity index (χ1) is 8.02. The van der Waals surface area contributed by atoms with Crippen LogP contribution in [-0.4, -0.2) is 38.2 Å². The van der Waals surface area contributed by atoms with E-state index in [0.717, 1.165) is 24.3 Å². The Balaban J connectivity index is 2.53. The molecule has 1 aromatic heterocycles. The number of aromatic nitrogens is 2. The van der Waals surface area contributed by atoms with Gasteiger partial charge in [0.05, 0.1) is 10.4 Å². The van der Waals surface area contributed by atoms with Crippen LogP contribution in [0.15, 0.2) is 23.1 Å². The number of nitrogens with zero attached hydrogens (tertiary/aromatic N) is 1. The Labute approximate surface area is 100 Å². The van der Waals surface area contributed by atoms with Crippen LogP contribution < -0.4 is 5.32 Å². The summed E-state index contributed by atoms with van der Waals surface area (Å²) in [6, 6.07) is 5.14. The molecular weight excluding hydrogens is 238 g/mol. The number of aromatic amines is 1. The minimum Gasteiger partial charge on any atom is -0.342 e. The maximum absolute atomic E-state index is 11.6. The number of fused-ring (bicyclic) bond motifs is 1. The molecular formula is C11H15N3O2S. The zero-order chi connectivity index (χ0) is 12.5. The predicted molar refractivity (Wildman–Crippen MR) is 66.8 cm³/mol. The Kier molecular flexibility index (Phi) is 3.17. The number of H-pyrrole nitrogens is 1. The van der Waals surface area contributed by atoms with Crippen molar-refractivity contribution in [3.8, 4) is 0 Å². The number of benzene rings is 1. The number of para-hydroxylation sites is 1. The van der Waals surface area contributed by atoms with Crippen molar-refractivity contribution in [1.29, 1.82) is 0 Å². The number of rotatable bonds is 4. The highest BCUT2D eigenvalue weighted by molar-refractivity contribution is 7.91. The monoisotopic (exact) mass is 253 g/mol. The fourth-order valence-corrected chi connectivity index (χ4v) is 2.55. The fourth-order valence-electron chi connectivity index (χ4n) is 1.72. The SMILES string of the molecule is CNCCc1nc2c(S(C)(=O)=O)cccc2[nH]1. The van der Waals surface area contributed by atoms with Gasteiger partial charge in [0.1, 0.15) is 11.3 Å². The zero-order valence-electron chi connectivity index (χ0n) is 9.82. The lowest BCUT2D eigenvalue weighted by Crippen LogP contribution is -2.11. The first-order valence-electron chi connectivity index (χ1n) is 5.34. The molecule has 0 bridgehead atoms. The lowest BCUT2D eigenvalue weighted by atomic mass is 10.3. The quantitative estimate of drug-likeness (QED) is 0.842. The van der Waals surface area contributed by atoms with Crippen molar-refractivity contribution in [3.05, 3.63) is 24.0 Å². The normalized spacial score (nSPS) is 12.1. The van der Waals surface area contributed by atoms with Gasteiger partial charge in [0, 0.05) is 19.2 Å². The van der Waals surface area contributed by atoms with Crippen LogP contribution in [0.3, 0.4) is 0 Å². The van der Waals surface area contributed by atoms with Gasteiger partial charge in [-0.25, -0.2) is 13.4 Å². The van der Waals surface area contributed by atoms with E-state index in [2.05, 4.69) is 15.3 Å². The van der Waals surface area contributed by atoms with Crippen LogP contribution in [-0.2, 0) is 16.3 Å². The summed E-state index contributed by atoms with van der Waals surface area (Å²) >= 11 is 0. The van der Waals surface area contributed by atoms with Crippen LogP contribution in [0, 0.1) is 0 Å². The molecule has 0 saturated carbocycles. The minimum absolute atomic E-state index is 0.280. The molecule has 0 fully saturated rings.